The topological polar surface area (TPSA) is 86.2 Å². The van der Waals surface area contributed by atoms with Crippen molar-refractivity contribution in [3.05, 3.63) is 59.7 Å². The maximum Gasteiger partial charge on any atom is 0.338 e. The number of nitrogens with one attached hydrogen (secondary N) is 1. The van der Waals surface area contributed by atoms with Gasteiger partial charge < -0.3 is 14.2 Å². The van der Waals surface area contributed by atoms with Crippen molar-refractivity contribution in [3.8, 4) is 11.5 Å². The SMILES string of the molecule is COC(=O)c1ccccc1/C=N\NC(=O)COc1ccccc1OC. The van der Waals surface area contributed by atoms with Gasteiger partial charge in [-0.1, -0.05) is 30.3 Å². The molecule has 0 saturated carbocycles. The molecule has 0 unspecified atom stereocenters. The second-order valence-corrected chi connectivity index (χ2v) is 4.81. The molecular weight excluding hydrogens is 324 g/mol. The van der Waals surface area contributed by atoms with E-state index in [1.54, 1.807) is 48.5 Å². The standard InChI is InChI=1S/C18H18N2O5/c1-23-15-9-5-6-10-16(15)25-12-17(21)20-19-11-13-7-3-4-8-14(13)18(22)24-2/h3-11H,12H2,1-2H3,(H,20,21)/b19-11-. The number of carbonyl (C=O) groups is 2. The number of ether oxygens (including phenoxy) is 3. The number of benzene rings is 2. The molecule has 0 aliphatic heterocycles. The van der Waals surface area contributed by atoms with Gasteiger partial charge in [0.25, 0.3) is 5.91 Å². The zero-order chi connectivity index (χ0) is 18.1. The van der Waals surface area contributed by atoms with Gasteiger partial charge in [-0.15, -0.1) is 0 Å². The number of carbonyl (C=O) groups excluding carboxylic acids is 2. The number of para-hydroxylation sites is 2. The highest BCUT2D eigenvalue weighted by Gasteiger charge is 2.09. The van der Waals surface area contributed by atoms with Crippen LogP contribution in [0.3, 0.4) is 0 Å². The van der Waals surface area contributed by atoms with Gasteiger partial charge in [0.05, 0.1) is 26.0 Å². The smallest absolute Gasteiger partial charge is 0.338 e. The van der Waals surface area contributed by atoms with Crippen LogP contribution in [0.5, 0.6) is 11.5 Å². The van der Waals surface area contributed by atoms with Crippen LogP contribution >= 0.6 is 0 Å². The summed E-state index contributed by atoms with van der Waals surface area (Å²) in [6.45, 7) is -0.226. The third-order valence-electron chi connectivity index (χ3n) is 3.19. The maximum atomic E-state index is 11.8. The van der Waals surface area contributed by atoms with E-state index in [0.29, 0.717) is 22.6 Å². The molecular formula is C18H18N2O5. The van der Waals surface area contributed by atoms with Crippen molar-refractivity contribution in [2.24, 2.45) is 5.10 Å². The first-order valence-electron chi connectivity index (χ1n) is 7.40. The minimum atomic E-state index is -0.479. The average Bonchev–Trinajstić information content (AvgIpc) is 2.66. The number of esters is 1. The molecule has 0 heterocycles. The van der Waals surface area contributed by atoms with E-state index < -0.39 is 11.9 Å². The Kier molecular flexibility index (Phi) is 6.53. The molecule has 0 saturated heterocycles. The fourth-order valence-electron chi connectivity index (χ4n) is 1.99. The van der Waals surface area contributed by atoms with Crippen molar-refractivity contribution in [2.45, 2.75) is 0 Å². The van der Waals surface area contributed by atoms with Crippen LogP contribution in [0.2, 0.25) is 0 Å². The zero-order valence-electron chi connectivity index (χ0n) is 13.9. The first kappa shape index (κ1) is 18.0. The van der Waals surface area contributed by atoms with Crippen LogP contribution in [-0.4, -0.2) is 38.9 Å². The lowest BCUT2D eigenvalue weighted by atomic mass is 10.1. The average molecular weight is 342 g/mol. The highest BCUT2D eigenvalue weighted by atomic mass is 16.5. The molecule has 2 aromatic rings. The molecule has 1 amide bonds. The van der Waals surface area contributed by atoms with Crippen molar-refractivity contribution >= 4 is 18.1 Å². The van der Waals surface area contributed by atoms with E-state index in [0.717, 1.165) is 0 Å². The Bertz CT molecular complexity index is 774. The predicted molar refractivity (Wildman–Crippen MR) is 92.0 cm³/mol. The van der Waals surface area contributed by atoms with Crippen LogP contribution in [0.4, 0.5) is 0 Å². The molecule has 0 spiro atoms. The van der Waals surface area contributed by atoms with E-state index in [2.05, 4.69) is 10.5 Å². The lowest BCUT2D eigenvalue weighted by Crippen LogP contribution is -2.24. The fourth-order valence-corrected chi connectivity index (χ4v) is 1.99. The third kappa shape index (κ3) is 5.07. The van der Waals surface area contributed by atoms with Gasteiger partial charge in [-0.3, -0.25) is 4.79 Å². The summed E-state index contributed by atoms with van der Waals surface area (Å²) in [5.41, 5.74) is 3.22. The monoisotopic (exact) mass is 342 g/mol. The van der Waals surface area contributed by atoms with Crippen LogP contribution < -0.4 is 14.9 Å². The van der Waals surface area contributed by atoms with Gasteiger partial charge in [-0.2, -0.15) is 5.10 Å². The van der Waals surface area contributed by atoms with Crippen LogP contribution in [0.15, 0.2) is 53.6 Å². The Morgan fingerprint density at radius 3 is 2.44 bits per heavy atom. The first-order chi connectivity index (χ1) is 12.2. The lowest BCUT2D eigenvalue weighted by Gasteiger charge is -2.09. The van der Waals surface area contributed by atoms with Gasteiger partial charge in [0.15, 0.2) is 18.1 Å². The van der Waals surface area contributed by atoms with E-state index in [-0.39, 0.29) is 6.61 Å². The number of hydrazone groups is 1. The van der Waals surface area contributed by atoms with Crippen molar-refractivity contribution in [1.29, 1.82) is 0 Å². The number of hydrogen-bond acceptors (Lipinski definition) is 6. The quantitative estimate of drug-likeness (QED) is 0.472. The van der Waals surface area contributed by atoms with E-state index in [1.807, 2.05) is 0 Å². The maximum absolute atomic E-state index is 11.8. The number of hydrogen-bond donors (Lipinski definition) is 1. The summed E-state index contributed by atoms with van der Waals surface area (Å²) < 4.78 is 15.2. The number of amides is 1. The highest BCUT2D eigenvalue weighted by molar-refractivity contribution is 5.99. The highest BCUT2D eigenvalue weighted by Crippen LogP contribution is 2.25. The van der Waals surface area contributed by atoms with Crippen molar-refractivity contribution in [1.82, 2.24) is 5.43 Å². The van der Waals surface area contributed by atoms with Gasteiger partial charge in [-0.05, 0) is 18.2 Å². The summed E-state index contributed by atoms with van der Waals surface area (Å²) in [7, 11) is 2.82. The summed E-state index contributed by atoms with van der Waals surface area (Å²) in [5, 5.41) is 3.83. The van der Waals surface area contributed by atoms with Crippen LogP contribution in [-0.2, 0) is 9.53 Å². The van der Waals surface area contributed by atoms with Crippen molar-refractivity contribution in [3.63, 3.8) is 0 Å². The van der Waals surface area contributed by atoms with Crippen LogP contribution in [0, 0.1) is 0 Å². The Balaban J connectivity index is 1.92. The van der Waals surface area contributed by atoms with Gasteiger partial charge in [0, 0.05) is 5.56 Å². The van der Waals surface area contributed by atoms with Crippen molar-refractivity contribution < 1.29 is 23.8 Å². The molecule has 2 rings (SSSR count). The van der Waals surface area contributed by atoms with Crippen LogP contribution in [0.1, 0.15) is 15.9 Å². The Labute approximate surface area is 145 Å². The Morgan fingerprint density at radius 2 is 1.72 bits per heavy atom. The zero-order valence-corrected chi connectivity index (χ0v) is 13.9. The van der Waals surface area contributed by atoms with Gasteiger partial charge >= 0.3 is 5.97 Å². The molecule has 7 nitrogen and oxygen atoms in total. The van der Waals surface area contributed by atoms with Gasteiger partial charge in [0.2, 0.25) is 0 Å². The Morgan fingerprint density at radius 1 is 1.04 bits per heavy atom. The minimum absolute atomic E-state index is 0.226. The van der Waals surface area contributed by atoms with E-state index in [9.17, 15) is 9.59 Å². The molecule has 25 heavy (non-hydrogen) atoms. The molecule has 130 valence electrons. The first-order valence-corrected chi connectivity index (χ1v) is 7.40. The van der Waals surface area contributed by atoms with Gasteiger partial charge in [0.1, 0.15) is 0 Å². The normalized spacial score (nSPS) is 10.3. The summed E-state index contributed by atoms with van der Waals surface area (Å²) in [6.07, 6.45) is 1.37. The number of nitrogens with zero attached hydrogens (tertiary/aromatic N) is 1. The molecule has 0 atom stereocenters. The second kappa shape index (κ2) is 9.07. The van der Waals surface area contributed by atoms with Gasteiger partial charge in [-0.25, -0.2) is 10.2 Å². The van der Waals surface area contributed by atoms with E-state index in [4.69, 9.17) is 14.2 Å². The summed E-state index contributed by atoms with van der Waals surface area (Å²) >= 11 is 0. The molecule has 0 radical (unpaired) electrons. The summed E-state index contributed by atoms with van der Waals surface area (Å²) in [4.78, 5) is 23.4. The minimum Gasteiger partial charge on any atom is -0.493 e. The molecule has 7 heteroatoms. The molecule has 0 aliphatic rings. The fraction of sp³-hybridized carbons (Fsp3) is 0.167. The molecule has 1 N–H and O–H groups in total. The van der Waals surface area contributed by atoms with E-state index >= 15 is 0 Å². The Hall–Kier alpha value is -3.35. The van der Waals surface area contributed by atoms with Crippen molar-refractivity contribution in [2.75, 3.05) is 20.8 Å². The predicted octanol–water partition coefficient (Wildman–Crippen LogP) is 2.01. The molecule has 0 bridgehead atoms. The lowest BCUT2D eigenvalue weighted by molar-refractivity contribution is -0.123. The number of methoxy groups -OCH3 is 2. The summed E-state index contributed by atoms with van der Waals surface area (Å²) in [6, 6.07) is 13.8. The third-order valence-corrected chi connectivity index (χ3v) is 3.19. The van der Waals surface area contributed by atoms with E-state index in [1.165, 1.54) is 20.4 Å². The van der Waals surface area contributed by atoms with Crippen LogP contribution in [0.25, 0.3) is 0 Å². The summed E-state index contributed by atoms with van der Waals surface area (Å²) in [5.74, 6) is 0.0663. The molecule has 0 aliphatic carbocycles. The number of rotatable bonds is 7. The second-order valence-electron chi connectivity index (χ2n) is 4.81. The molecule has 0 fully saturated rings. The molecule has 0 aromatic heterocycles. The molecule has 2 aromatic carbocycles. The largest absolute Gasteiger partial charge is 0.493 e.